The molecule has 0 atom stereocenters. The van der Waals surface area contributed by atoms with Crippen LogP contribution in [0.25, 0.3) is 11.4 Å². The minimum atomic E-state index is -4.91. The second-order valence-corrected chi connectivity index (χ2v) is 5.69. The smallest absolute Gasteiger partial charge is 0.453 e. The number of halogens is 8. The van der Waals surface area contributed by atoms with E-state index < -0.39 is 51.8 Å². The molecule has 3 rings (SSSR count). The van der Waals surface area contributed by atoms with Gasteiger partial charge in [0.2, 0.25) is 5.82 Å². The molecule has 0 aliphatic carbocycles. The zero-order valence-electron chi connectivity index (χ0n) is 13.2. The Bertz CT molecular complexity index is 1010. The van der Waals surface area contributed by atoms with Crippen LogP contribution >= 0.6 is 11.6 Å². The molecule has 148 valence electrons. The van der Waals surface area contributed by atoms with E-state index in [1.807, 2.05) is 0 Å². The van der Waals surface area contributed by atoms with Gasteiger partial charge in [0.25, 0.3) is 0 Å². The van der Waals surface area contributed by atoms with Crippen LogP contribution in [-0.4, -0.2) is 10.1 Å². The summed E-state index contributed by atoms with van der Waals surface area (Å²) in [5.74, 6) is -4.33. The lowest BCUT2D eigenvalue weighted by Gasteiger charge is -2.12. The average Bonchev–Trinajstić information content (AvgIpc) is 3.07. The van der Waals surface area contributed by atoms with E-state index in [0.717, 1.165) is 18.2 Å². The number of ether oxygens (including phenoxy) is 1. The molecule has 1 heterocycles. The molecule has 0 radical (unpaired) electrons. The van der Waals surface area contributed by atoms with Gasteiger partial charge in [-0.25, -0.2) is 4.39 Å². The van der Waals surface area contributed by atoms with Crippen molar-refractivity contribution >= 4 is 11.6 Å². The van der Waals surface area contributed by atoms with Crippen molar-refractivity contribution in [3.8, 4) is 22.9 Å². The molecule has 0 aliphatic rings. The molecule has 4 nitrogen and oxygen atoms in total. The molecule has 1 aromatic heterocycles. The summed E-state index contributed by atoms with van der Waals surface area (Å²) >= 11 is 5.74. The normalized spacial score (nSPS) is 12.3. The number of rotatable bonds is 3. The maximum atomic E-state index is 14.6. The molecule has 12 heteroatoms. The number of nitrogens with zero attached hydrogens (tertiary/aromatic N) is 2. The molecule has 3 aromatic rings. The second kappa shape index (κ2) is 6.97. The van der Waals surface area contributed by atoms with E-state index in [1.54, 1.807) is 0 Å². The van der Waals surface area contributed by atoms with Crippen LogP contribution in [-0.2, 0) is 12.4 Å². The third-order valence-corrected chi connectivity index (χ3v) is 3.65. The first kappa shape index (κ1) is 19.9. The third kappa shape index (κ3) is 4.03. The van der Waals surface area contributed by atoms with Crippen LogP contribution in [0.3, 0.4) is 0 Å². The van der Waals surface area contributed by atoms with E-state index in [4.69, 9.17) is 16.3 Å². The SMILES string of the molecule is Fc1c(Oc2ccc(C(F)(F)F)cc2Cl)cccc1-c1noc(C(F)(F)F)n1. The Balaban J connectivity index is 1.93. The van der Waals surface area contributed by atoms with Crippen LogP contribution in [0.2, 0.25) is 5.02 Å². The van der Waals surface area contributed by atoms with Crippen LogP contribution in [0, 0.1) is 5.82 Å². The number of aromatic nitrogens is 2. The van der Waals surface area contributed by atoms with Gasteiger partial charge in [0.1, 0.15) is 5.75 Å². The fourth-order valence-corrected chi connectivity index (χ4v) is 2.31. The summed E-state index contributed by atoms with van der Waals surface area (Å²) in [6, 6.07) is 5.53. The minimum absolute atomic E-state index is 0.296. The summed E-state index contributed by atoms with van der Waals surface area (Å²) in [4.78, 5) is 3.07. The van der Waals surface area contributed by atoms with Crippen molar-refractivity contribution in [2.75, 3.05) is 0 Å². The Hall–Kier alpha value is -2.82. The Morgan fingerprint density at radius 3 is 2.21 bits per heavy atom. The molecule has 28 heavy (non-hydrogen) atoms. The monoisotopic (exact) mass is 426 g/mol. The molecular weight excluding hydrogens is 421 g/mol. The summed E-state index contributed by atoms with van der Waals surface area (Å²) in [7, 11) is 0. The largest absolute Gasteiger partial charge is 0.471 e. The van der Waals surface area contributed by atoms with E-state index in [-0.39, 0.29) is 5.75 Å². The fraction of sp³-hybridized carbons (Fsp3) is 0.125. The molecular formula is C16H6ClF7N2O2. The van der Waals surface area contributed by atoms with Crippen LogP contribution < -0.4 is 4.74 Å². The van der Waals surface area contributed by atoms with Gasteiger partial charge in [-0.05, 0) is 30.3 Å². The summed E-state index contributed by atoms with van der Waals surface area (Å²) in [6.07, 6.45) is -9.55. The topological polar surface area (TPSA) is 48.2 Å². The van der Waals surface area contributed by atoms with Gasteiger partial charge in [-0.2, -0.15) is 31.3 Å². The molecule has 0 saturated heterocycles. The standard InChI is InChI=1S/C16H6ClF7N2O2/c17-9-6-7(15(19,20)21)4-5-10(9)27-11-3-1-2-8(12(11)18)13-25-14(28-26-13)16(22,23)24/h1-6H. The zero-order chi connectivity index (χ0) is 20.7. The van der Waals surface area contributed by atoms with E-state index >= 15 is 0 Å². The summed E-state index contributed by atoms with van der Waals surface area (Å²) in [5, 5.41) is 2.62. The minimum Gasteiger partial charge on any atom is -0.453 e. The lowest BCUT2D eigenvalue weighted by molar-refractivity contribution is -0.159. The summed E-state index contributed by atoms with van der Waals surface area (Å²) < 4.78 is 99.4. The van der Waals surface area contributed by atoms with Crippen molar-refractivity contribution in [1.82, 2.24) is 10.1 Å². The van der Waals surface area contributed by atoms with E-state index in [9.17, 15) is 30.7 Å². The van der Waals surface area contributed by atoms with Gasteiger partial charge in [-0.1, -0.05) is 22.8 Å². The van der Waals surface area contributed by atoms with E-state index in [0.29, 0.717) is 12.1 Å². The quantitative estimate of drug-likeness (QED) is 0.457. The lowest BCUT2D eigenvalue weighted by Crippen LogP contribution is -2.05. The number of benzene rings is 2. The predicted molar refractivity (Wildman–Crippen MR) is 81.2 cm³/mol. The van der Waals surface area contributed by atoms with Gasteiger partial charge < -0.3 is 9.26 Å². The van der Waals surface area contributed by atoms with Crippen LogP contribution in [0.4, 0.5) is 30.7 Å². The average molecular weight is 427 g/mol. The second-order valence-electron chi connectivity index (χ2n) is 5.28. The summed E-state index contributed by atoms with van der Waals surface area (Å²) in [6.45, 7) is 0. The Kier molecular flexibility index (Phi) is 4.96. The molecule has 0 unspecified atom stereocenters. The zero-order valence-corrected chi connectivity index (χ0v) is 14.0. The van der Waals surface area contributed by atoms with Gasteiger partial charge in [-0.15, -0.1) is 0 Å². The van der Waals surface area contributed by atoms with Crippen LogP contribution in [0.15, 0.2) is 40.9 Å². The Morgan fingerprint density at radius 2 is 1.64 bits per heavy atom. The van der Waals surface area contributed by atoms with Crippen LogP contribution in [0.1, 0.15) is 11.5 Å². The molecule has 0 spiro atoms. The highest BCUT2D eigenvalue weighted by Gasteiger charge is 2.39. The first-order valence-corrected chi connectivity index (χ1v) is 7.59. The fourth-order valence-electron chi connectivity index (χ4n) is 2.09. The van der Waals surface area contributed by atoms with Crippen molar-refractivity contribution < 1.29 is 40.0 Å². The molecule has 0 aliphatic heterocycles. The van der Waals surface area contributed by atoms with Gasteiger partial charge in [0.05, 0.1) is 16.1 Å². The Labute approximate surface area is 156 Å². The molecule has 0 saturated carbocycles. The maximum Gasteiger partial charge on any atom is 0.471 e. The van der Waals surface area contributed by atoms with E-state index in [1.165, 1.54) is 6.07 Å². The molecule has 0 amide bonds. The van der Waals surface area contributed by atoms with Crippen LogP contribution in [0.5, 0.6) is 11.5 Å². The van der Waals surface area contributed by atoms with Crippen molar-refractivity contribution in [3.63, 3.8) is 0 Å². The molecule has 0 fully saturated rings. The van der Waals surface area contributed by atoms with Crippen molar-refractivity contribution in [2.24, 2.45) is 0 Å². The van der Waals surface area contributed by atoms with Gasteiger partial charge in [0, 0.05) is 0 Å². The van der Waals surface area contributed by atoms with Crippen molar-refractivity contribution in [3.05, 3.63) is 58.7 Å². The third-order valence-electron chi connectivity index (χ3n) is 3.35. The highest BCUT2D eigenvalue weighted by atomic mass is 35.5. The lowest BCUT2D eigenvalue weighted by atomic mass is 10.2. The van der Waals surface area contributed by atoms with Crippen molar-refractivity contribution in [2.45, 2.75) is 12.4 Å². The molecule has 0 N–H and O–H groups in total. The number of alkyl halides is 6. The first-order valence-electron chi connectivity index (χ1n) is 7.21. The van der Waals surface area contributed by atoms with E-state index in [2.05, 4.69) is 14.7 Å². The number of hydrogen-bond donors (Lipinski definition) is 0. The maximum absolute atomic E-state index is 14.6. The van der Waals surface area contributed by atoms with Gasteiger partial charge in [-0.3, -0.25) is 0 Å². The summed E-state index contributed by atoms with van der Waals surface area (Å²) in [5.41, 5.74) is -1.51. The highest BCUT2D eigenvalue weighted by Crippen LogP contribution is 2.38. The highest BCUT2D eigenvalue weighted by molar-refractivity contribution is 6.32. The molecule has 0 bridgehead atoms. The van der Waals surface area contributed by atoms with Crippen molar-refractivity contribution in [1.29, 1.82) is 0 Å². The molecule has 2 aromatic carbocycles. The Morgan fingerprint density at radius 1 is 0.929 bits per heavy atom. The predicted octanol–water partition coefficient (Wildman–Crippen LogP) is 6.36. The van der Waals surface area contributed by atoms with Gasteiger partial charge >= 0.3 is 18.2 Å². The first-order chi connectivity index (χ1) is 13.0. The number of hydrogen-bond acceptors (Lipinski definition) is 4. The van der Waals surface area contributed by atoms with Gasteiger partial charge in [0.15, 0.2) is 11.6 Å².